The highest BCUT2D eigenvalue weighted by molar-refractivity contribution is 6.04. The minimum absolute atomic E-state index is 0.257. The Hall–Kier alpha value is -4.42. The lowest BCUT2D eigenvalue weighted by Crippen LogP contribution is -2.49. The Morgan fingerprint density at radius 3 is 2.60 bits per heavy atom. The van der Waals surface area contributed by atoms with Crippen molar-refractivity contribution in [2.75, 3.05) is 68.4 Å². The predicted octanol–water partition coefficient (Wildman–Crippen LogP) is 3.94. The van der Waals surface area contributed by atoms with Gasteiger partial charge in [0.15, 0.2) is 5.82 Å². The molecule has 2 aliphatic heterocycles. The summed E-state index contributed by atoms with van der Waals surface area (Å²) in [5.74, 6) is 2.29. The number of aromatic amines is 1. The van der Waals surface area contributed by atoms with Gasteiger partial charge in [0, 0.05) is 50.0 Å². The van der Waals surface area contributed by atoms with Gasteiger partial charge in [-0.05, 0) is 76.0 Å². The summed E-state index contributed by atoms with van der Waals surface area (Å²) < 4.78 is 0. The van der Waals surface area contributed by atoms with Crippen molar-refractivity contribution in [2.45, 2.75) is 26.7 Å². The molecule has 3 aromatic heterocycles. The fraction of sp³-hybridized carbons (Fsp3) is 0.419. The summed E-state index contributed by atoms with van der Waals surface area (Å²) in [6, 6.07) is 7.25. The fourth-order valence-corrected chi connectivity index (χ4v) is 5.65. The van der Waals surface area contributed by atoms with Crippen LogP contribution in [0.15, 0.2) is 43.4 Å². The van der Waals surface area contributed by atoms with Crippen molar-refractivity contribution in [3.63, 3.8) is 0 Å². The summed E-state index contributed by atoms with van der Waals surface area (Å²) >= 11 is 0. The molecule has 0 radical (unpaired) electrons. The van der Waals surface area contributed by atoms with Crippen LogP contribution in [0.4, 0.5) is 23.3 Å². The van der Waals surface area contributed by atoms with Crippen molar-refractivity contribution < 1.29 is 4.79 Å². The van der Waals surface area contributed by atoms with Gasteiger partial charge in [0.1, 0.15) is 23.2 Å². The van der Waals surface area contributed by atoms with Crippen molar-refractivity contribution in [2.24, 2.45) is 5.92 Å². The number of rotatable bonds is 8. The number of carbonyl (C=O) groups excluding carboxylic acids is 1. The van der Waals surface area contributed by atoms with Crippen LogP contribution in [0.5, 0.6) is 0 Å². The number of aromatic nitrogens is 6. The lowest BCUT2D eigenvalue weighted by molar-refractivity contribution is 0.102. The Morgan fingerprint density at radius 2 is 1.86 bits per heavy atom. The Kier molecular flexibility index (Phi) is 8.30. The molecule has 4 aromatic rings. The SMILES string of the molecule is C=C(C)c1cc(NC(=O)c2ccc(C)c(Nc3ncnc4cnc(N5CCN(CC6CCN(C)CC6)CC5)nc34)c2)[nH]n1. The molecule has 2 saturated heterocycles. The molecule has 6 rings (SSSR count). The Labute approximate surface area is 251 Å². The minimum Gasteiger partial charge on any atom is -0.338 e. The molecule has 12 heteroatoms. The maximum atomic E-state index is 13.0. The fourth-order valence-electron chi connectivity index (χ4n) is 5.65. The number of H-pyrrole nitrogens is 1. The van der Waals surface area contributed by atoms with Crippen molar-refractivity contribution in [1.29, 1.82) is 0 Å². The molecule has 12 nitrogen and oxygen atoms in total. The lowest BCUT2D eigenvalue weighted by atomic mass is 9.96. The second-order valence-electron chi connectivity index (χ2n) is 11.7. The monoisotopic (exact) mass is 581 g/mol. The summed E-state index contributed by atoms with van der Waals surface area (Å²) in [4.78, 5) is 38.7. The molecular formula is C31H39N11O. The highest BCUT2D eigenvalue weighted by Gasteiger charge is 2.24. The largest absolute Gasteiger partial charge is 0.338 e. The number of hydrogen-bond acceptors (Lipinski definition) is 10. The molecular weight excluding hydrogens is 542 g/mol. The number of amides is 1. The normalized spacial score (nSPS) is 16.9. The van der Waals surface area contributed by atoms with Crippen LogP contribution in [-0.2, 0) is 0 Å². The number of anilines is 4. The van der Waals surface area contributed by atoms with E-state index in [-0.39, 0.29) is 5.91 Å². The van der Waals surface area contributed by atoms with Gasteiger partial charge in [0.05, 0.1) is 11.9 Å². The third-order valence-electron chi connectivity index (χ3n) is 8.39. The number of hydrogen-bond donors (Lipinski definition) is 3. The van der Waals surface area contributed by atoms with Crippen molar-refractivity contribution in [3.05, 3.63) is 60.2 Å². The smallest absolute Gasteiger partial charge is 0.256 e. The van der Waals surface area contributed by atoms with Gasteiger partial charge in [0.2, 0.25) is 5.95 Å². The van der Waals surface area contributed by atoms with Crippen LogP contribution >= 0.6 is 0 Å². The van der Waals surface area contributed by atoms with Crippen LogP contribution in [0.1, 0.15) is 41.4 Å². The van der Waals surface area contributed by atoms with E-state index in [0.29, 0.717) is 39.9 Å². The van der Waals surface area contributed by atoms with Crippen molar-refractivity contribution in [3.8, 4) is 0 Å². The van der Waals surface area contributed by atoms with Gasteiger partial charge in [-0.25, -0.2) is 19.9 Å². The third kappa shape index (κ3) is 6.65. The molecule has 2 aliphatic rings. The molecule has 224 valence electrons. The zero-order chi connectivity index (χ0) is 29.9. The van der Waals surface area contributed by atoms with Gasteiger partial charge in [-0.2, -0.15) is 5.10 Å². The molecule has 0 saturated carbocycles. The summed E-state index contributed by atoms with van der Waals surface area (Å²) in [6.07, 6.45) is 5.83. The quantitative estimate of drug-likeness (QED) is 0.281. The number of likely N-dealkylation sites (tertiary alicyclic amines) is 1. The molecule has 5 heterocycles. The molecule has 0 bridgehead atoms. The molecule has 43 heavy (non-hydrogen) atoms. The summed E-state index contributed by atoms with van der Waals surface area (Å²) in [6.45, 7) is 15.1. The Balaban J connectivity index is 1.15. The molecule has 2 fully saturated rings. The van der Waals surface area contributed by atoms with E-state index < -0.39 is 0 Å². The number of fused-ring (bicyclic) bond motifs is 1. The van der Waals surface area contributed by atoms with Gasteiger partial charge in [-0.15, -0.1) is 0 Å². The number of piperazine rings is 1. The van der Waals surface area contributed by atoms with E-state index in [1.165, 1.54) is 38.8 Å². The van der Waals surface area contributed by atoms with Crippen LogP contribution in [0.3, 0.4) is 0 Å². The second kappa shape index (κ2) is 12.4. The van der Waals surface area contributed by atoms with Gasteiger partial charge in [-0.1, -0.05) is 12.6 Å². The van der Waals surface area contributed by atoms with E-state index in [0.717, 1.165) is 48.9 Å². The van der Waals surface area contributed by atoms with Gasteiger partial charge < -0.3 is 20.4 Å². The summed E-state index contributed by atoms with van der Waals surface area (Å²) in [5, 5.41) is 13.3. The van der Waals surface area contributed by atoms with E-state index in [4.69, 9.17) is 4.98 Å². The van der Waals surface area contributed by atoms with Crippen LogP contribution in [0.2, 0.25) is 0 Å². The topological polar surface area (TPSA) is 131 Å². The number of carbonyl (C=O) groups is 1. The van der Waals surface area contributed by atoms with E-state index in [1.54, 1.807) is 24.4 Å². The van der Waals surface area contributed by atoms with E-state index in [9.17, 15) is 4.79 Å². The average molecular weight is 582 g/mol. The molecule has 0 spiro atoms. The molecule has 3 N–H and O–H groups in total. The Bertz CT molecular complexity index is 1620. The molecule has 0 atom stereocenters. The number of allylic oxidation sites excluding steroid dienone is 1. The zero-order valence-electron chi connectivity index (χ0n) is 25.1. The minimum atomic E-state index is -0.257. The van der Waals surface area contributed by atoms with E-state index in [1.807, 2.05) is 19.9 Å². The van der Waals surface area contributed by atoms with Gasteiger partial charge in [-0.3, -0.25) is 14.8 Å². The maximum Gasteiger partial charge on any atom is 0.256 e. The standard InChI is InChI=1S/C31H39N11O/c1-20(2)24-16-27(39-38-24)36-30(43)23-6-5-21(3)25(15-23)35-29-28-26(33-19-34-29)17-32-31(37-28)42-13-11-41(12-14-42)18-22-7-9-40(4)10-8-22/h5-6,15-17,19,22H,1,7-14,18H2,2-4H3,(H,33,34,35)(H2,36,38,39,43). The van der Waals surface area contributed by atoms with Gasteiger partial charge in [0.25, 0.3) is 5.91 Å². The number of nitrogens with one attached hydrogen (secondary N) is 3. The van der Waals surface area contributed by atoms with E-state index in [2.05, 4.69) is 64.1 Å². The Morgan fingerprint density at radius 1 is 1.07 bits per heavy atom. The van der Waals surface area contributed by atoms with Crippen LogP contribution < -0.4 is 15.5 Å². The first-order chi connectivity index (χ1) is 20.8. The number of nitrogens with zero attached hydrogens (tertiary/aromatic N) is 8. The first-order valence-electron chi connectivity index (χ1n) is 14.9. The maximum absolute atomic E-state index is 13.0. The summed E-state index contributed by atoms with van der Waals surface area (Å²) in [7, 11) is 2.21. The highest BCUT2D eigenvalue weighted by Crippen LogP contribution is 2.27. The molecule has 0 unspecified atom stereocenters. The average Bonchev–Trinajstić information content (AvgIpc) is 3.49. The van der Waals surface area contributed by atoms with Crippen molar-refractivity contribution >= 4 is 45.8 Å². The predicted molar refractivity (Wildman–Crippen MR) is 170 cm³/mol. The van der Waals surface area contributed by atoms with Crippen LogP contribution in [0, 0.1) is 12.8 Å². The number of aryl methyl sites for hydroxylation is 1. The lowest BCUT2D eigenvalue weighted by Gasteiger charge is -2.38. The molecule has 1 aromatic carbocycles. The molecule has 0 aliphatic carbocycles. The van der Waals surface area contributed by atoms with Crippen molar-refractivity contribution in [1.82, 2.24) is 39.9 Å². The number of piperidine rings is 1. The van der Waals surface area contributed by atoms with Crippen LogP contribution in [0.25, 0.3) is 16.6 Å². The first kappa shape index (κ1) is 28.7. The first-order valence-corrected chi connectivity index (χ1v) is 14.9. The highest BCUT2D eigenvalue weighted by atomic mass is 16.1. The number of benzene rings is 1. The van der Waals surface area contributed by atoms with Gasteiger partial charge >= 0.3 is 0 Å². The van der Waals surface area contributed by atoms with E-state index >= 15 is 0 Å². The zero-order valence-corrected chi connectivity index (χ0v) is 25.1. The summed E-state index contributed by atoms with van der Waals surface area (Å²) in [5.41, 5.74) is 5.01. The molecule has 1 amide bonds. The second-order valence-corrected chi connectivity index (χ2v) is 11.7. The third-order valence-corrected chi connectivity index (χ3v) is 8.39. The van der Waals surface area contributed by atoms with Crippen LogP contribution in [-0.4, -0.2) is 98.7 Å².